The molecule has 0 aliphatic heterocycles. The molecular formula is C29H26N6O3. The van der Waals surface area contributed by atoms with Gasteiger partial charge in [0.2, 0.25) is 5.82 Å². The van der Waals surface area contributed by atoms with Crippen LogP contribution < -0.4 is 5.69 Å². The zero-order valence-electron chi connectivity index (χ0n) is 20.9. The number of aromatic nitrogens is 6. The van der Waals surface area contributed by atoms with E-state index in [9.17, 15) is 14.4 Å². The molecule has 5 rings (SSSR count). The fourth-order valence-electron chi connectivity index (χ4n) is 4.58. The van der Waals surface area contributed by atoms with E-state index in [1.807, 2.05) is 55.5 Å². The lowest BCUT2D eigenvalue weighted by Crippen LogP contribution is -2.31. The van der Waals surface area contributed by atoms with Crippen molar-refractivity contribution in [2.75, 3.05) is 0 Å². The normalized spacial score (nSPS) is 11.0. The van der Waals surface area contributed by atoms with Crippen LogP contribution in [0.2, 0.25) is 0 Å². The molecule has 38 heavy (non-hydrogen) atoms. The van der Waals surface area contributed by atoms with Gasteiger partial charge in [0.05, 0.1) is 12.2 Å². The van der Waals surface area contributed by atoms with Gasteiger partial charge in [-0.2, -0.15) is 5.21 Å². The van der Waals surface area contributed by atoms with E-state index < -0.39 is 11.6 Å². The molecule has 0 saturated carbocycles. The van der Waals surface area contributed by atoms with Crippen LogP contribution in [0.15, 0.2) is 83.7 Å². The summed E-state index contributed by atoms with van der Waals surface area (Å²) < 4.78 is 2.55. The second-order valence-electron chi connectivity index (χ2n) is 8.91. The van der Waals surface area contributed by atoms with Crippen molar-refractivity contribution in [1.82, 2.24) is 29.8 Å². The Morgan fingerprint density at radius 1 is 0.947 bits per heavy atom. The smallest absolute Gasteiger partial charge is 0.296 e. The van der Waals surface area contributed by atoms with E-state index in [1.54, 1.807) is 34.9 Å². The molecule has 0 radical (unpaired) electrons. The summed E-state index contributed by atoms with van der Waals surface area (Å²) >= 11 is 0. The van der Waals surface area contributed by atoms with Crippen LogP contribution in [-0.2, 0) is 13.0 Å². The maximum atomic E-state index is 13.5. The number of benzene rings is 3. The van der Waals surface area contributed by atoms with Crippen LogP contribution in [0.4, 0.5) is 0 Å². The Morgan fingerprint density at radius 2 is 1.66 bits per heavy atom. The van der Waals surface area contributed by atoms with Gasteiger partial charge >= 0.3 is 5.69 Å². The molecule has 5 aromatic rings. The fourth-order valence-corrected chi connectivity index (χ4v) is 4.58. The number of carbonyl (C=O) groups is 2. The highest BCUT2D eigenvalue weighted by Crippen LogP contribution is 2.30. The lowest BCUT2D eigenvalue weighted by molar-refractivity contribution is 0.0942. The Bertz CT molecular complexity index is 1620. The van der Waals surface area contributed by atoms with E-state index in [-0.39, 0.29) is 12.2 Å². The third-order valence-corrected chi connectivity index (χ3v) is 6.51. The lowest BCUT2D eigenvalue weighted by atomic mass is 9.98. The van der Waals surface area contributed by atoms with E-state index in [1.165, 1.54) is 0 Å². The SMILES string of the molecule is CCCCc1c(C=O)n(C(=O)c2ccccc2)c(=O)n1Cc1ccc(-c2ccccc2-c2nn[nH]n2)cc1. The number of unbranched alkanes of at least 4 members (excludes halogenated alkanes) is 1. The second kappa shape index (κ2) is 11.0. The summed E-state index contributed by atoms with van der Waals surface area (Å²) in [6, 6.07) is 24.1. The van der Waals surface area contributed by atoms with Crippen molar-refractivity contribution in [3.63, 3.8) is 0 Å². The highest BCUT2D eigenvalue weighted by Gasteiger charge is 2.24. The van der Waals surface area contributed by atoms with Gasteiger partial charge in [-0.05, 0) is 46.9 Å². The number of aldehydes is 1. The molecule has 9 nitrogen and oxygen atoms in total. The summed E-state index contributed by atoms with van der Waals surface area (Å²) in [4.78, 5) is 38.9. The maximum absolute atomic E-state index is 13.5. The fraction of sp³-hybridized carbons (Fsp3) is 0.172. The summed E-state index contributed by atoms with van der Waals surface area (Å²) in [7, 11) is 0. The number of nitrogens with zero attached hydrogens (tertiary/aromatic N) is 5. The number of hydrogen-bond acceptors (Lipinski definition) is 6. The van der Waals surface area contributed by atoms with E-state index in [0.29, 0.717) is 29.8 Å². The molecule has 0 bridgehead atoms. The number of rotatable bonds is 9. The molecule has 0 aliphatic rings. The molecule has 0 aliphatic carbocycles. The Balaban J connectivity index is 1.52. The summed E-state index contributed by atoms with van der Waals surface area (Å²) in [5.41, 5.74) is 4.14. The van der Waals surface area contributed by atoms with Crippen molar-refractivity contribution in [2.24, 2.45) is 0 Å². The second-order valence-corrected chi connectivity index (χ2v) is 8.91. The zero-order chi connectivity index (χ0) is 26.5. The predicted octanol–water partition coefficient (Wildman–Crippen LogP) is 4.39. The maximum Gasteiger partial charge on any atom is 0.336 e. The van der Waals surface area contributed by atoms with E-state index in [4.69, 9.17) is 0 Å². The van der Waals surface area contributed by atoms with Crippen molar-refractivity contribution in [3.05, 3.63) is 112 Å². The van der Waals surface area contributed by atoms with Gasteiger partial charge in [0.25, 0.3) is 5.91 Å². The molecule has 0 amide bonds. The van der Waals surface area contributed by atoms with Gasteiger partial charge in [-0.25, -0.2) is 9.36 Å². The molecule has 190 valence electrons. The number of hydrogen-bond donors (Lipinski definition) is 1. The molecule has 1 N–H and O–H groups in total. The highest BCUT2D eigenvalue weighted by atomic mass is 16.2. The van der Waals surface area contributed by atoms with Crippen molar-refractivity contribution in [3.8, 4) is 22.5 Å². The van der Waals surface area contributed by atoms with Crippen LogP contribution in [0.5, 0.6) is 0 Å². The van der Waals surface area contributed by atoms with Crippen LogP contribution in [0.3, 0.4) is 0 Å². The summed E-state index contributed by atoms with van der Waals surface area (Å²) in [5, 5.41) is 14.3. The van der Waals surface area contributed by atoms with Crippen molar-refractivity contribution >= 4 is 12.2 Å². The van der Waals surface area contributed by atoms with Gasteiger partial charge in [0.15, 0.2) is 6.29 Å². The first-order valence-corrected chi connectivity index (χ1v) is 12.4. The third kappa shape index (κ3) is 4.73. The number of aromatic amines is 1. The predicted molar refractivity (Wildman–Crippen MR) is 143 cm³/mol. The molecule has 3 aromatic carbocycles. The number of carbonyl (C=O) groups excluding carboxylic acids is 2. The largest absolute Gasteiger partial charge is 0.336 e. The quantitative estimate of drug-likeness (QED) is 0.297. The molecule has 0 unspecified atom stereocenters. The molecule has 2 heterocycles. The molecule has 0 fully saturated rings. The van der Waals surface area contributed by atoms with Gasteiger partial charge in [-0.1, -0.05) is 80.1 Å². The lowest BCUT2D eigenvalue weighted by Gasteiger charge is -2.10. The number of nitrogens with one attached hydrogen (secondary N) is 1. The number of tetrazole rings is 1. The summed E-state index contributed by atoms with van der Waals surface area (Å²) in [5.74, 6) is -0.00905. The average Bonchev–Trinajstić information content (AvgIpc) is 3.59. The van der Waals surface area contributed by atoms with Crippen molar-refractivity contribution < 1.29 is 9.59 Å². The third-order valence-electron chi connectivity index (χ3n) is 6.51. The van der Waals surface area contributed by atoms with E-state index in [0.717, 1.165) is 39.7 Å². The first kappa shape index (κ1) is 24.8. The topological polar surface area (TPSA) is 116 Å². The summed E-state index contributed by atoms with van der Waals surface area (Å²) in [6.45, 7) is 2.28. The molecule has 0 saturated heterocycles. The van der Waals surface area contributed by atoms with Gasteiger partial charge in [-0.15, -0.1) is 10.2 Å². The van der Waals surface area contributed by atoms with Gasteiger partial charge in [0.1, 0.15) is 5.69 Å². The average molecular weight is 507 g/mol. The van der Waals surface area contributed by atoms with Crippen molar-refractivity contribution in [2.45, 2.75) is 32.7 Å². The van der Waals surface area contributed by atoms with Gasteiger partial charge in [-0.3, -0.25) is 14.2 Å². The standard InChI is InChI=1S/C29H26N6O3/c1-2-3-13-25-26(19-36)35(28(37)22-9-5-4-6-10-22)29(38)34(25)18-20-14-16-21(17-15-20)23-11-7-8-12-24(23)27-30-32-33-31-27/h4-12,14-17,19H,2-3,13,18H2,1H3,(H,30,31,32,33). The van der Waals surface area contributed by atoms with Crippen LogP contribution in [0, 0.1) is 0 Å². The Labute approximate surface area is 218 Å². The van der Waals surface area contributed by atoms with Crippen LogP contribution >= 0.6 is 0 Å². The monoisotopic (exact) mass is 506 g/mol. The first-order valence-electron chi connectivity index (χ1n) is 12.4. The van der Waals surface area contributed by atoms with Gasteiger partial charge < -0.3 is 0 Å². The molecule has 9 heteroatoms. The van der Waals surface area contributed by atoms with Crippen LogP contribution in [0.25, 0.3) is 22.5 Å². The van der Waals surface area contributed by atoms with E-state index in [2.05, 4.69) is 20.6 Å². The molecule has 2 aromatic heterocycles. The van der Waals surface area contributed by atoms with Gasteiger partial charge in [0, 0.05) is 11.1 Å². The minimum Gasteiger partial charge on any atom is -0.296 e. The number of imidazole rings is 1. The van der Waals surface area contributed by atoms with Crippen molar-refractivity contribution in [1.29, 1.82) is 0 Å². The molecule has 0 spiro atoms. The zero-order valence-corrected chi connectivity index (χ0v) is 20.9. The summed E-state index contributed by atoms with van der Waals surface area (Å²) in [6.07, 6.45) is 2.81. The Kier molecular flexibility index (Phi) is 7.17. The van der Waals surface area contributed by atoms with Crippen LogP contribution in [0.1, 0.15) is 51.9 Å². The highest BCUT2D eigenvalue weighted by molar-refractivity contribution is 5.99. The number of H-pyrrole nitrogens is 1. The molecular weight excluding hydrogens is 480 g/mol. The minimum absolute atomic E-state index is 0.114. The van der Waals surface area contributed by atoms with E-state index >= 15 is 0 Å². The Morgan fingerprint density at radius 3 is 2.32 bits per heavy atom. The van der Waals surface area contributed by atoms with Crippen LogP contribution in [-0.4, -0.2) is 42.0 Å². The Hall–Kier alpha value is -4.92. The first-order chi connectivity index (χ1) is 18.6. The minimum atomic E-state index is -0.515. The molecule has 0 atom stereocenters.